The first kappa shape index (κ1) is 24.8. The van der Waals surface area contributed by atoms with Crippen molar-refractivity contribution >= 4 is 29.9 Å². The van der Waals surface area contributed by atoms with Crippen molar-refractivity contribution in [1.29, 1.82) is 0 Å². The lowest BCUT2D eigenvalue weighted by atomic mass is 9.88. The summed E-state index contributed by atoms with van der Waals surface area (Å²) in [6.07, 6.45) is 4.79. The third-order valence-corrected chi connectivity index (χ3v) is 6.42. The topological polar surface area (TPSA) is 76.8 Å². The summed E-state index contributed by atoms with van der Waals surface area (Å²) in [5, 5.41) is 12.0. The molecule has 1 aromatic carbocycles. The van der Waals surface area contributed by atoms with E-state index in [4.69, 9.17) is 14.5 Å². The van der Waals surface area contributed by atoms with Crippen LogP contribution in [0.25, 0.3) is 0 Å². The first-order valence-electron chi connectivity index (χ1n) is 11.3. The first-order chi connectivity index (χ1) is 15.1. The summed E-state index contributed by atoms with van der Waals surface area (Å²) in [5.41, 5.74) is 1.27. The zero-order valence-electron chi connectivity index (χ0n) is 19.3. The number of fused-ring (bicyclic) bond motifs is 1. The van der Waals surface area contributed by atoms with Crippen LogP contribution in [0.1, 0.15) is 36.5 Å². The van der Waals surface area contributed by atoms with Crippen molar-refractivity contribution in [1.82, 2.24) is 25.0 Å². The van der Waals surface area contributed by atoms with Gasteiger partial charge in [-0.05, 0) is 50.3 Å². The molecule has 32 heavy (non-hydrogen) atoms. The molecule has 8 nitrogen and oxygen atoms in total. The number of aromatic nitrogens is 3. The molecule has 2 unspecified atom stereocenters. The molecule has 2 fully saturated rings. The fraction of sp³-hybridized carbons (Fsp3) is 0.609. The van der Waals surface area contributed by atoms with E-state index in [0.29, 0.717) is 18.6 Å². The lowest BCUT2D eigenvalue weighted by molar-refractivity contribution is -0.0559. The molecule has 0 saturated carbocycles. The number of rotatable bonds is 6. The summed E-state index contributed by atoms with van der Waals surface area (Å²) in [4.78, 5) is 7.33. The molecule has 2 aliphatic heterocycles. The average molecular weight is 554 g/mol. The van der Waals surface area contributed by atoms with Crippen molar-refractivity contribution in [2.75, 3.05) is 33.4 Å². The van der Waals surface area contributed by atoms with Crippen molar-refractivity contribution in [2.45, 2.75) is 45.3 Å². The van der Waals surface area contributed by atoms with E-state index < -0.39 is 0 Å². The SMILES string of the molecule is COc1ccc(CCNC(=NCc2nnc(C)n2C)N2CCC3OCCCC3C2)cc1.I. The van der Waals surface area contributed by atoms with Gasteiger partial charge in [0.2, 0.25) is 0 Å². The summed E-state index contributed by atoms with van der Waals surface area (Å²) in [7, 11) is 3.68. The Bertz CT molecular complexity index is 885. The lowest BCUT2D eigenvalue weighted by Gasteiger charge is -2.42. The van der Waals surface area contributed by atoms with Crippen molar-refractivity contribution in [3.8, 4) is 5.75 Å². The van der Waals surface area contributed by atoms with E-state index in [1.54, 1.807) is 7.11 Å². The fourth-order valence-electron chi connectivity index (χ4n) is 4.39. The summed E-state index contributed by atoms with van der Waals surface area (Å²) >= 11 is 0. The second kappa shape index (κ2) is 11.8. The summed E-state index contributed by atoms with van der Waals surface area (Å²) in [5.74, 6) is 4.21. The molecule has 9 heteroatoms. The van der Waals surface area contributed by atoms with Gasteiger partial charge in [0.25, 0.3) is 0 Å². The Morgan fingerprint density at radius 1 is 1.25 bits per heavy atom. The number of halogens is 1. The van der Waals surface area contributed by atoms with E-state index in [0.717, 1.165) is 68.9 Å². The molecular weight excluding hydrogens is 519 g/mol. The summed E-state index contributed by atoms with van der Waals surface area (Å²) in [6.45, 7) is 6.17. The summed E-state index contributed by atoms with van der Waals surface area (Å²) in [6, 6.07) is 8.25. The van der Waals surface area contributed by atoms with Gasteiger partial charge in [-0.25, -0.2) is 4.99 Å². The van der Waals surface area contributed by atoms with Crippen molar-refractivity contribution < 1.29 is 9.47 Å². The van der Waals surface area contributed by atoms with Gasteiger partial charge in [0.15, 0.2) is 11.8 Å². The van der Waals surface area contributed by atoms with Crippen molar-refractivity contribution in [3.63, 3.8) is 0 Å². The second-order valence-corrected chi connectivity index (χ2v) is 8.43. The normalized spacial score (nSPS) is 21.0. The van der Waals surface area contributed by atoms with Gasteiger partial charge in [-0.15, -0.1) is 34.2 Å². The Morgan fingerprint density at radius 2 is 2.06 bits per heavy atom. The molecule has 2 atom stereocenters. The molecule has 1 N–H and O–H groups in total. The Kier molecular flexibility index (Phi) is 9.15. The molecule has 2 saturated heterocycles. The maximum Gasteiger partial charge on any atom is 0.194 e. The predicted molar refractivity (Wildman–Crippen MR) is 136 cm³/mol. The van der Waals surface area contributed by atoms with Crippen LogP contribution in [0.15, 0.2) is 29.3 Å². The number of hydrogen-bond donors (Lipinski definition) is 1. The first-order valence-corrected chi connectivity index (χ1v) is 11.3. The molecule has 2 aromatic rings. The van der Waals surface area contributed by atoms with Crippen LogP contribution in [0, 0.1) is 12.8 Å². The lowest BCUT2D eigenvalue weighted by Crippen LogP contribution is -2.52. The second-order valence-electron chi connectivity index (χ2n) is 8.43. The van der Waals surface area contributed by atoms with Crippen LogP contribution >= 0.6 is 24.0 Å². The van der Waals surface area contributed by atoms with E-state index in [1.807, 2.05) is 30.7 Å². The van der Waals surface area contributed by atoms with Gasteiger partial charge in [-0.2, -0.15) is 0 Å². The number of aryl methyl sites for hydroxylation is 1. The van der Waals surface area contributed by atoms with Gasteiger partial charge in [0, 0.05) is 39.2 Å². The fourth-order valence-corrected chi connectivity index (χ4v) is 4.39. The number of methoxy groups -OCH3 is 1. The minimum absolute atomic E-state index is 0. The Labute approximate surface area is 207 Å². The molecule has 4 rings (SSSR count). The Balaban J connectivity index is 0.00000289. The van der Waals surface area contributed by atoms with Gasteiger partial charge in [0.1, 0.15) is 18.1 Å². The monoisotopic (exact) mass is 554 g/mol. The third kappa shape index (κ3) is 6.12. The quantitative estimate of drug-likeness (QED) is 0.336. The predicted octanol–water partition coefficient (Wildman–Crippen LogP) is 2.94. The number of nitrogens with zero attached hydrogens (tertiary/aromatic N) is 5. The molecule has 3 heterocycles. The van der Waals surface area contributed by atoms with Crippen LogP contribution in [-0.4, -0.2) is 65.1 Å². The van der Waals surface area contributed by atoms with Crippen LogP contribution in [0.3, 0.4) is 0 Å². The standard InChI is InChI=1S/C23H34N6O2.HI/c1-17-26-27-22(28(17)2)15-25-23(24-12-10-18-6-8-20(30-3)9-7-18)29-13-11-21-19(16-29)5-4-14-31-21;/h6-9,19,21H,4-5,10-16H2,1-3H3,(H,24,25);1H. The molecule has 0 amide bonds. The molecule has 1 aromatic heterocycles. The molecular formula is C23H35IN6O2. The Morgan fingerprint density at radius 3 is 2.78 bits per heavy atom. The number of guanidine groups is 1. The van der Waals surface area contributed by atoms with Gasteiger partial charge in [-0.1, -0.05) is 12.1 Å². The van der Waals surface area contributed by atoms with Gasteiger partial charge in [-0.3, -0.25) is 0 Å². The van der Waals surface area contributed by atoms with Gasteiger partial charge < -0.3 is 24.3 Å². The summed E-state index contributed by atoms with van der Waals surface area (Å²) < 4.78 is 13.3. The van der Waals surface area contributed by atoms with E-state index >= 15 is 0 Å². The number of piperidine rings is 1. The smallest absolute Gasteiger partial charge is 0.194 e. The van der Waals surface area contributed by atoms with E-state index in [1.165, 1.54) is 12.0 Å². The zero-order valence-corrected chi connectivity index (χ0v) is 21.6. The highest BCUT2D eigenvalue weighted by Gasteiger charge is 2.33. The molecule has 0 radical (unpaired) electrons. The van der Waals surface area contributed by atoms with E-state index in [-0.39, 0.29) is 24.0 Å². The highest BCUT2D eigenvalue weighted by atomic mass is 127. The minimum atomic E-state index is 0. The number of benzene rings is 1. The van der Waals surface area contributed by atoms with Crippen LogP contribution < -0.4 is 10.1 Å². The number of aliphatic imine (C=N–C) groups is 1. The van der Waals surface area contributed by atoms with Crippen LogP contribution in [0.2, 0.25) is 0 Å². The van der Waals surface area contributed by atoms with E-state index in [2.05, 4.69) is 32.5 Å². The average Bonchev–Trinajstić information content (AvgIpc) is 3.13. The van der Waals surface area contributed by atoms with Gasteiger partial charge in [0.05, 0.1) is 13.2 Å². The molecule has 176 valence electrons. The number of likely N-dealkylation sites (tertiary alicyclic amines) is 1. The Hall–Kier alpha value is -1.88. The molecule has 0 spiro atoms. The molecule has 0 aliphatic carbocycles. The van der Waals surface area contributed by atoms with Crippen molar-refractivity contribution in [3.05, 3.63) is 41.5 Å². The van der Waals surface area contributed by atoms with Gasteiger partial charge >= 0.3 is 0 Å². The molecule has 0 bridgehead atoms. The minimum Gasteiger partial charge on any atom is -0.497 e. The maximum atomic E-state index is 6.00. The highest BCUT2D eigenvalue weighted by Crippen LogP contribution is 2.28. The third-order valence-electron chi connectivity index (χ3n) is 6.42. The largest absolute Gasteiger partial charge is 0.497 e. The molecule has 2 aliphatic rings. The number of nitrogens with one attached hydrogen (secondary N) is 1. The van der Waals surface area contributed by atoms with Crippen LogP contribution in [-0.2, 0) is 24.8 Å². The number of hydrogen-bond acceptors (Lipinski definition) is 5. The van der Waals surface area contributed by atoms with E-state index in [9.17, 15) is 0 Å². The van der Waals surface area contributed by atoms with Crippen molar-refractivity contribution in [2.24, 2.45) is 18.0 Å². The van der Waals surface area contributed by atoms with Crippen LogP contribution in [0.4, 0.5) is 0 Å². The highest BCUT2D eigenvalue weighted by molar-refractivity contribution is 14.0. The zero-order chi connectivity index (χ0) is 21.6. The van der Waals surface area contributed by atoms with Crippen LogP contribution in [0.5, 0.6) is 5.75 Å². The number of ether oxygens (including phenoxy) is 2. The maximum absolute atomic E-state index is 6.00.